The van der Waals surface area contributed by atoms with Crippen LogP contribution >= 0.6 is 0 Å². The van der Waals surface area contributed by atoms with Crippen LogP contribution in [-0.2, 0) is 13.1 Å². The number of benzene rings is 3. The van der Waals surface area contributed by atoms with Gasteiger partial charge in [-0.25, -0.2) is 0 Å². The van der Waals surface area contributed by atoms with E-state index in [2.05, 4.69) is 34.1 Å². The van der Waals surface area contributed by atoms with Crippen LogP contribution in [0.25, 0.3) is 0 Å². The zero-order valence-electron chi connectivity index (χ0n) is 18.7. The van der Waals surface area contributed by atoms with Crippen molar-refractivity contribution >= 4 is 17.5 Å². The van der Waals surface area contributed by atoms with Crippen molar-refractivity contribution in [3.63, 3.8) is 0 Å². The first-order chi connectivity index (χ1) is 16.1. The summed E-state index contributed by atoms with van der Waals surface area (Å²) in [6, 6.07) is 23.5. The van der Waals surface area contributed by atoms with Gasteiger partial charge in [-0.3, -0.25) is 19.4 Å². The van der Waals surface area contributed by atoms with Gasteiger partial charge in [-0.05, 0) is 35.4 Å². The highest BCUT2D eigenvalue weighted by molar-refractivity contribution is 6.23. The number of nitrogens with zero attached hydrogens (tertiary/aromatic N) is 3. The summed E-state index contributed by atoms with van der Waals surface area (Å²) in [7, 11) is 1.61. The monoisotopic (exact) mass is 441 g/mol. The van der Waals surface area contributed by atoms with Crippen LogP contribution in [0.2, 0.25) is 0 Å². The lowest BCUT2D eigenvalue weighted by Crippen LogP contribution is -2.46. The maximum absolute atomic E-state index is 13.3. The second-order valence-electron chi connectivity index (χ2n) is 8.49. The first-order valence-electron chi connectivity index (χ1n) is 11.3. The maximum atomic E-state index is 13.3. The molecule has 6 heteroatoms. The van der Waals surface area contributed by atoms with E-state index in [9.17, 15) is 9.59 Å². The fourth-order valence-corrected chi connectivity index (χ4v) is 4.62. The summed E-state index contributed by atoms with van der Waals surface area (Å²) < 4.78 is 5.20. The van der Waals surface area contributed by atoms with Crippen molar-refractivity contribution in [3.8, 4) is 5.75 Å². The van der Waals surface area contributed by atoms with E-state index in [4.69, 9.17) is 4.74 Å². The van der Waals surface area contributed by atoms with E-state index in [1.54, 1.807) is 13.2 Å². The summed E-state index contributed by atoms with van der Waals surface area (Å²) in [5, 5.41) is 0. The fraction of sp³-hybridized carbons (Fsp3) is 0.259. The number of hydrogen-bond donors (Lipinski definition) is 0. The van der Waals surface area contributed by atoms with Crippen LogP contribution in [0.1, 0.15) is 31.8 Å². The Kier molecular flexibility index (Phi) is 5.84. The average molecular weight is 442 g/mol. The molecule has 0 aliphatic carbocycles. The van der Waals surface area contributed by atoms with Crippen LogP contribution in [0.4, 0.5) is 5.69 Å². The Hall–Kier alpha value is -3.64. The van der Waals surface area contributed by atoms with Crippen molar-refractivity contribution in [1.82, 2.24) is 9.80 Å². The highest BCUT2D eigenvalue weighted by atomic mass is 16.5. The van der Waals surface area contributed by atoms with Crippen LogP contribution in [-0.4, -0.2) is 54.9 Å². The van der Waals surface area contributed by atoms with Crippen LogP contribution in [0, 0.1) is 0 Å². The molecule has 33 heavy (non-hydrogen) atoms. The van der Waals surface area contributed by atoms with Gasteiger partial charge in [-0.2, -0.15) is 0 Å². The van der Waals surface area contributed by atoms with Crippen molar-refractivity contribution in [3.05, 3.63) is 95.1 Å². The number of piperazine rings is 1. The number of carbonyl (C=O) groups excluding carboxylic acids is 2. The predicted molar refractivity (Wildman–Crippen MR) is 128 cm³/mol. The zero-order valence-corrected chi connectivity index (χ0v) is 18.7. The van der Waals surface area contributed by atoms with E-state index in [1.165, 1.54) is 10.5 Å². The SMILES string of the molecule is COc1ccc(CN2C(=O)c3cccc(N4CCN(Cc5ccccc5)CC4)c3C2=O)cc1. The van der Waals surface area contributed by atoms with Crippen LogP contribution < -0.4 is 9.64 Å². The van der Waals surface area contributed by atoms with Gasteiger partial charge in [0.2, 0.25) is 0 Å². The van der Waals surface area contributed by atoms with Gasteiger partial charge in [0.1, 0.15) is 5.75 Å². The molecule has 0 unspecified atom stereocenters. The third-order valence-corrected chi connectivity index (χ3v) is 6.44. The maximum Gasteiger partial charge on any atom is 0.263 e. The quantitative estimate of drug-likeness (QED) is 0.545. The van der Waals surface area contributed by atoms with E-state index in [0.717, 1.165) is 49.7 Å². The largest absolute Gasteiger partial charge is 0.497 e. The number of methoxy groups -OCH3 is 1. The molecule has 168 valence electrons. The molecule has 0 bridgehead atoms. The summed E-state index contributed by atoms with van der Waals surface area (Å²) in [6.07, 6.45) is 0. The Morgan fingerprint density at radius 1 is 0.727 bits per heavy atom. The van der Waals surface area contributed by atoms with Crippen LogP contribution in [0.5, 0.6) is 5.75 Å². The first kappa shape index (κ1) is 21.2. The Morgan fingerprint density at radius 3 is 2.12 bits per heavy atom. The van der Waals surface area contributed by atoms with E-state index in [0.29, 0.717) is 11.1 Å². The number of carbonyl (C=O) groups is 2. The number of imide groups is 1. The van der Waals surface area contributed by atoms with Gasteiger partial charge in [0.15, 0.2) is 0 Å². The molecule has 2 aliphatic rings. The van der Waals surface area contributed by atoms with Gasteiger partial charge in [0, 0.05) is 32.7 Å². The number of amides is 2. The Balaban J connectivity index is 1.30. The van der Waals surface area contributed by atoms with Gasteiger partial charge in [0.25, 0.3) is 11.8 Å². The van der Waals surface area contributed by atoms with Crippen LogP contribution in [0.15, 0.2) is 72.8 Å². The molecule has 2 amide bonds. The topological polar surface area (TPSA) is 53.1 Å². The van der Waals surface area contributed by atoms with E-state index in [1.807, 2.05) is 42.5 Å². The van der Waals surface area contributed by atoms with E-state index < -0.39 is 0 Å². The Bertz CT molecular complexity index is 1150. The van der Waals surface area contributed by atoms with Gasteiger partial charge in [-0.1, -0.05) is 48.5 Å². The molecule has 2 heterocycles. The molecular weight excluding hydrogens is 414 g/mol. The molecule has 3 aromatic carbocycles. The van der Waals surface area contributed by atoms with Crippen molar-refractivity contribution in [2.75, 3.05) is 38.2 Å². The fourth-order valence-electron chi connectivity index (χ4n) is 4.62. The van der Waals surface area contributed by atoms with Gasteiger partial charge in [0.05, 0.1) is 30.5 Å². The van der Waals surface area contributed by atoms with Crippen LogP contribution in [0.3, 0.4) is 0 Å². The molecule has 0 saturated carbocycles. The van der Waals surface area contributed by atoms with Gasteiger partial charge < -0.3 is 9.64 Å². The summed E-state index contributed by atoms with van der Waals surface area (Å²) in [5.41, 5.74) is 4.09. The molecule has 0 N–H and O–H groups in total. The normalized spacial score (nSPS) is 16.3. The summed E-state index contributed by atoms with van der Waals surface area (Å²) in [6.45, 7) is 4.65. The number of anilines is 1. The first-order valence-corrected chi connectivity index (χ1v) is 11.3. The van der Waals surface area contributed by atoms with Crippen molar-refractivity contribution in [2.45, 2.75) is 13.1 Å². The molecule has 6 nitrogen and oxygen atoms in total. The van der Waals surface area contributed by atoms with Crippen molar-refractivity contribution in [1.29, 1.82) is 0 Å². The molecule has 0 atom stereocenters. The standard InChI is InChI=1S/C27H27N3O3/c1-33-22-12-10-21(11-13-22)19-30-26(31)23-8-5-9-24(25(23)27(30)32)29-16-14-28(15-17-29)18-20-6-3-2-4-7-20/h2-13H,14-19H2,1H3. The smallest absolute Gasteiger partial charge is 0.263 e. The Labute approximate surface area is 194 Å². The lowest BCUT2D eigenvalue weighted by atomic mass is 10.1. The molecule has 0 spiro atoms. The zero-order chi connectivity index (χ0) is 22.8. The molecule has 1 saturated heterocycles. The average Bonchev–Trinajstić information content (AvgIpc) is 3.10. The minimum absolute atomic E-state index is 0.215. The predicted octanol–water partition coefficient (Wildman–Crippen LogP) is 3.81. The molecular formula is C27H27N3O3. The Morgan fingerprint density at radius 2 is 1.42 bits per heavy atom. The van der Waals surface area contributed by atoms with Crippen molar-refractivity contribution in [2.24, 2.45) is 0 Å². The van der Waals surface area contributed by atoms with Gasteiger partial charge in [-0.15, -0.1) is 0 Å². The number of rotatable bonds is 6. The lowest BCUT2D eigenvalue weighted by Gasteiger charge is -2.36. The summed E-state index contributed by atoms with van der Waals surface area (Å²) >= 11 is 0. The summed E-state index contributed by atoms with van der Waals surface area (Å²) in [4.78, 5) is 32.4. The third kappa shape index (κ3) is 4.22. The molecule has 3 aromatic rings. The number of hydrogen-bond acceptors (Lipinski definition) is 5. The number of ether oxygens (including phenoxy) is 1. The minimum Gasteiger partial charge on any atom is -0.497 e. The third-order valence-electron chi connectivity index (χ3n) is 6.44. The highest BCUT2D eigenvalue weighted by Crippen LogP contribution is 2.33. The molecule has 5 rings (SSSR count). The second kappa shape index (κ2) is 9.08. The molecule has 0 radical (unpaired) electrons. The highest BCUT2D eigenvalue weighted by Gasteiger charge is 2.38. The minimum atomic E-state index is -0.226. The van der Waals surface area contributed by atoms with Crippen molar-refractivity contribution < 1.29 is 14.3 Å². The van der Waals surface area contributed by atoms with E-state index in [-0.39, 0.29) is 18.4 Å². The lowest BCUT2D eigenvalue weighted by molar-refractivity contribution is 0.0642. The van der Waals surface area contributed by atoms with Gasteiger partial charge >= 0.3 is 0 Å². The molecule has 2 aliphatic heterocycles. The van der Waals surface area contributed by atoms with E-state index >= 15 is 0 Å². The molecule has 1 fully saturated rings. The molecule has 0 aromatic heterocycles. The second-order valence-corrected chi connectivity index (χ2v) is 8.49. The summed E-state index contributed by atoms with van der Waals surface area (Å²) in [5.74, 6) is 0.304. The number of fused-ring (bicyclic) bond motifs is 1.